The molecule has 0 aliphatic carbocycles. The fourth-order valence-corrected chi connectivity index (χ4v) is 1.21. The van der Waals surface area contributed by atoms with Crippen LogP contribution in [0.3, 0.4) is 0 Å². The van der Waals surface area contributed by atoms with Gasteiger partial charge in [-0.15, -0.1) is 0 Å². The second-order valence-electron chi connectivity index (χ2n) is 3.15. The molecule has 0 saturated carbocycles. The van der Waals surface area contributed by atoms with Crippen LogP contribution in [0.1, 0.15) is 20.7 Å². The molecule has 1 aromatic carbocycles. The minimum absolute atomic E-state index is 0.361. The van der Waals surface area contributed by atoms with Crippen molar-refractivity contribution in [2.45, 2.75) is 0 Å². The predicted molar refractivity (Wildman–Crippen MR) is 54.7 cm³/mol. The fourth-order valence-electron chi connectivity index (χ4n) is 1.21. The third-order valence-corrected chi connectivity index (χ3v) is 1.90. The van der Waals surface area contributed by atoms with Crippen LogP contribution in [0.5, 0.6) is 0 Å². The number of hydrogen-bond donors (Lipinski definition) is 1. The molecular weight excluding hydrogens is 180 g/mol. The summed E-state index contributed by atoms with van der Waals surface area (Å²) in [4.78, 5) is 23.3. The standard InChI is InChI=1S/C10H12N2O2/c1-12(2)9-4-3-7(6-13)5-8(9)10(11)14/h3-6H,1-2H3,(H2,11,14). The fraction of sp³-hybridized carbons (Fsp3) is 0.200. The molecule has 1 aromatic rings. The van der Waals surface area contributed by atoms with E-state index < -0.39 is 5.91 Å². The van der Waals surface area contributed by atoms with E-state index in [0.717, 1.165) is 0 Å². The Morgan fingerprint density at radius 2 is 2.07 bits per heavy atom. The maximum atomic E-state index is 11.1. The molecular formula is C10H12N2O2. The Morgan fingerprint density at radius 1 is 1.43 bits per heavy atom. The van der Waals surface area contributed by atoms with Gasteiger partial charge in [-0.2, -0.15) is 0 Å². The number of hydrogen-bond acceptors (Lipinski definition) is 3. The van der Waals surface area contributed by atoms with Crippen LogP contribution in [0.4, 0.5) is 5.69 Å². The van der Waals surface area contributed by atoms with E-state index in [0.29, 0.717) is 23.1 Å². The minimum atomic E-state index is -0.530. The Hall–Kier alpha value is -1.84. The number of amides is 1. The molecule has 1 amide bonds. The van der Waals surface area contributed by atoms with Gasteiger partial charge in [0.05, 0.1) is 5.56 Å². The van der Waals surface area contributed by atoms with E-state index in [-0.39, 0.29) is 0 Å². The number of carbonyl (C=O) groups excluding carboxylic acids is 2. The molecule has 4 nitrogen and oxygen atoms in total. The maximum Gasteiger partial charge on any atom is 0.250 e. The summed E-state index contributed by atoms with van der Waals surface area (Å²) in [6, 6.07) is 4.84. The molecule has 0 unspecified atom stereocenters. The highest BCUT2D eigenvalue weighted by atomic mass is 16.1. The minimum Gasteiger partial charge on any atom is -0.377 e. The van der Waals surface area contributed by atoms with Gasteiger partial charge in [-0.05, 0) is 18.2 Å². The smallest absolute Gasteiger partial charge is 0.250 e. The van der Waals surface area contributed by atoms with Crippen LogP contribution in [0, 0.1) is 0 Å². The van der Waals surface area contributed by atoms with Crippen molar-refractivity contribution in [2.24, 2.45) is 5.73 Å². The number of rotatable bonds is 3. The van der Waals surface area contributed by atoms with Gasteiger partial charge in [-0.1, -0.05) is 0 Å². The normalized spacial score (nSPS) is 9.57. The summed E-state index contributed by atoms with van der Waals surface area (Å²) < 4.78 is 0. The first-order valence-corrected chi connectivity index (χ1v) is 4.12. The van der Waals surface area contributed by atoms with Crippen LogP contribution in [-0.2, 0) is 0 Å². The molecule has 14 heavy (non-hydrogen) atoms. The molecule has 0 aliphatic rings. The molecule has 1 rings (SSSR count). The topological polar surface area (TPSA) is 63.4 Å². The molecule has 0 aromatic heterocycles. The summed E-state index contributed by atoms with van der Waals surface area (Å²) in [6.45, 7) is 0. The van der Waals surface area contributed by atoms with Crippen molar-refractivity contribution in [1.29, 1.82) is 0 Å². The molecule has 0 spiro atoms. The highest BCUT2D eigenvalue weighted by Gasteiger charge is 2.10. The Balaban J connectivity index is 3.31. The van der Waals surface area contributed by atoms with E-state index in [1.54, 1.807) is 17.0 Å². The van der Waals surface area contributed by atoms with Crippen molar-refractivity contribution in [3.8, 4) is 0 Å². The van der Waals surface area contributed by atoms with Crippen molar-refractivity contribution >= 4 is 17.9 Å². The highest BCUT2D eigenvalue weighted by Crippen LogP contribution is 2.18. The van der Waals surface area contributed by atoms with E-state index in [9.17, 15) is 9.59 Å². The van der Waals surface area contributed by atoms with Crippen molar-refractivity contribution in [2.75, 3.05) is 19.0 Å². The van der Waals surface area contributed by atoms with Crippen molar-refractivity contribution < 1.29 is 9.59 Å². The van der Waals surface area contributed by atoms with Gasteiger partial charge in [0.1, 0.15) is 6.29 Å². The number of carbonyl (C=O) groups is 2. The Labute approximate surface area is 82.3 Å². The van der Waals surface area contributed by atoms with E-state index in [1.165, 1.54) is 6.07 Å². The number of benzene rings is 1. The summed E-state index contributed by atoms with van der Waals surface area (Å²) in [6.07, 6.45) is 0.686. The third-order valence-electron chi connectivity index (χ3n) is 1.90. The number of nitrogens with zero attached hydrogens (tertiary/aromatic N) is 1. The van der Waals surface area contributed by atoms with E-state index in [2.05, 4.69) is 0 Å². The first kappa shape index (κ1) is 10.2. The lowest BCUT2D eigenvalue weighted by molar-refractivity contribution is 0.100. The van der Waals surface area contributed by atoms with Gasteiger partial charge in [0.25, 0.3) is 5.91 Å². The molecule has 2 N–H and O–H groups in total. The van der Waals surface area contributed by atoms with E-state index >= 15 is 0 Å². The molecule has 0 heterocycles. The number of aldehydes is 1. The largest absolute Gasteiger partial charge is 0.377 e. The average Bonchev–Trinajstić information content (AvgIpc) is 2.16. The highest BCUT2D eigenvalue weighted by molar-refractivity contribution is 6.00. The first-order valence-electron chi connectivity index (χ1n) is 4.12. The van der Waals surface area contributed by atoms with Gasteiger partial charge < -0.3 is 10.6 Å². The second kappa shape index (κ2) is 3.91. The zero-order valence-electron chi connectivity index (χ0n) is 8.15. The monoisotopic (exact) mass is 192 g/mol. The number of primary amides is 1. The Kier molecular flexibility index (Phi) is 2.86. The lowest BCUT2D eigenvalue weighted by atomic mass is 10.1. The molecule has 4 heteroatoms. The van der Waals surface area contributed by atoms with E-state index in [4.69, 9.17) is 5.73 Å². The Morgan fingerprint density at radius 3 is 2.50 bits per heavy atom. The lowest BCUT2D eigenvalue weighted by Gasteiger charge is -2.15. The molecule has 0 fully saturated rings. The van der Waals surface area contributed by atoms with Crippen LogP contribution < -0.4 is 10.6 Å². The van der Waals surface area contributed by atoms with Crippen LogP contribution in [0.2, 0.25) is 0 Å². The molecule has 74 valence electrons. The Bertz CT molecular complexity index is 372. The van der Waals surface area contributed by atoms with Gasteiger partial charge in [0, 0.05) is 25.3 Å². The molecule has 0 saturated heterocycles. The zero-order valence-corrected chi connectivity index (χ0v) is 8.15. The van der Waals surface area contributed by atoms with Gasteiger partial charge >= 0.3 is 0 Å². The van der Waals surface area contributed by atoms with Crippen molar-refractivity contribution in [3.63, 3.8) is 0 Å². The van der Waals surface area contributed by atoms with Gasteiger partial charge in [-0.3, -0.25) is 9.59 Å². The number of anilines is 1. The van der Waals surface area contributed by atoms with Gasteiger partial charge in [0.2, 0.25) is 0 Å². The quantitative estimate of drug-likeness (QED) is 0.716. The summed E-state index contributed by atoms with van der Waals surface area (Å²) in [5, 5.41) is 0. The summed E-state index contributed by atoms with van der Waals surface area (Å²) in [5.74, 6) is -0.530. The van der Waals surface area contributed by atoms with Crippen LogP contribution in [0.25, 0.3) is 0 Å². The SMILES string of the molecule is CN(C)c1ccc(C=O)cc1C(N)=O. The molecule has 0 radical (unpaired) electrons. The van der Waals surface area contributed by atoms with Crippen LogP contribution in [-0.4, -0.2) is 26.3 Å². The second-order valence-corrected chi connectivity index (χ2v) is 3.15. The lowest BCUT2D eigenvalue weighted by Crippen LogP contribution is -2.18. The zero-order chi connectivity index (χ0) is 10.7. The molecule has 0 bridgehead atoms. The average molecular weight is 192 g/mol. The summed E-state index contributed by atoms with van der Waals surface area (Å²) in [7, 11) is 3.62. The van der Waals surface area contributed by atoms with Gasteiger partial charge in [0.15, 0.2) is 0 Å². The molecule has 0 atom stereocenters. The van der Waals surface area contributed by atoms with Crippen molar-refractivity contribution in [3.05, 3.63) is 29.3 Å². The van der Waals surface area contributed by atoms with Gasteiger partial charge in [-0.25, -0.2) is 0 Å². The summed E-state index contributed by atoms with van der Waals surface area (Å²) in [5.41, 5.74) is 6.71. The summed E-state index contributed by atoms with van der Waals surface area (Å²) >= 11 is 0. The van der Waals surface area contributed by atoms with Crippen LogP contribution in [0.15, 0.2) is 18.2 Å². The van der Waals surface area contributed by atoms with E-state index in [1.807, 2.05) is 14.1 Å². The third kappa shape index (κ3) is 1.90. The maximum absolute atomic E-state index is 11.1. The predicted octanol–water partition coefficient (Wildman–Crippen LogP) is 0.664. The first-order chi connectivity index (χ1) is 6.56. The number of nitrogens with two attached hydrogens (primary N) is 1. The van der Waals surface area contributed by atoms with Crippen LogP contribution >= 0.6 is 0 Å². The van der Waals surface area contributed by atoms with Crippen molar-refractivity contribution in [1.82, 2.24) is 0 Å². The molecule has 0 aliphatic heterocycles.